The van der Waals surface area contributed by atoms with E-state index in [-0.39, 0.29) is 6.04 Å². The average Bonchev–Trinajstić information content (AvgIpc) is 3.04. The maximum atomic E-state index is 10.3. The average molecular weight is 305 g/mol. The highest BCUT2D eigenvalue weighted by Crippen LogP contribution is 2.24. The van der Waals surface area contributed by atoms with Gasteiger partial charge in [0.15, 0.2) is 0 Å². The second-order valence-electron chi connectivity index (χ2n) is 5.19. The summed E-state index contributed by atoms with van der Waals surface area (Å²) >= 11 is 5.97. The van der Waals surface area contributed by atoms with Crippen molar-refractivity contribution in [3.63, 3.8) is 0 Å². The summed E-state index contributed by atoms with van der Waals surface area (Å²) in [6.45, 7) is 1.99. The summed E-state index contributed by atoms with van der Waals surface area (Å²) < 4.78 is 1.74. The SMILES string of the molecule is CC(NC(O)c1cc2cc(Cl)ccc2[nH]1)c1cnn(C)c1. The van der Waals surface area contributed by atoms with Crippen LogP contribution < -0.4 is 5.32 Å². The highest BCUT2D eigenvalue weighted by molar-refractivity contribution is 6.31. The topological polar surface area (TPSA) is 65.9 Å². The van der Waals surface area contributed by atoms with Crippen molar-refractivity contribution in [1.29, 1.82) is 0 Å². The second kappa shape index (κ2) is 5.52. The first-order valence-electron chi connectivity index (χ1n) is 6.74. The molecule has 1 aromatic carbocycles. The van der Waals surface area contributed by atoms with Crippen molar-refractivity contribution in [2.75, 3.05) is 0 Å². The molecule has 3 rings (SSSR count). The molecule has 0 bridgehead atoms. The lowest BCUT2D eigenvalue weighted by molar-refractivity contribution is 0.122. The highest BCUT2D eigenvalue weighted by atomic mass is 35.5. The molecular weight excluding hydrogens is 288 g/mol. The van der Waals surface area contributed by atoms with Crippen molar-refractivity contribution in [2.24, 2.45) is 7.05 Å². The van der Waals surface area contributed by atoms with Gasteiger partial charge in [0.25, 0.3) is 0 Å². The van der Waals surface area contributed by atoms with Crippen molar-refractivity contribution in [1.82, 2.24) is 20.1 Å². The molecule has 0 aliphatic carbocycles. The van der Waals surface area contributed by atoms with Crippen LogP contribution in [0.25, 0.3) is 10.9 Å². The van der Waals surface area contributed by atoms with E-state index in [0.29, 0.717) is 10.7 Å². The first-order chi connectivity index (χ1) is 10.0. The molecule has 0 radical (unpaired) electrons. The molecular formula is C15H17ClN4O. The molecule has 3 aromatic rings. The van der Waals surface area contributed by atoms with Crippen LogP contribution in [0.4, 0.5) is 0 Å². The molecule has 2 heterocycles. The lowest BCUT2D eigenvalue weighted by Crippen LogP contribution is -2.24. The molecule has 5 nitrogen and oxygen atoms in total. The van der Waals surface area contributed by atoms with Crippen molar-refractivity contribution in [3.8, 4) is 0 Å². The molecule has 2 unspecified atom stereocenters. The number of aromatic nitrogens is 3. The quantitative estimate of drug-likeness (QED) is 0.649. The van der Waals surface area contributed by atoms with Crippen LogP contribution in [0.15, 0.2) is 36.7 Å². The van der Waals surface area contributed by atoms with E-state index < -0.39 is 6.23 Å². The Kier molecular flexibility index (Phi) is 3.71. The van der Waals surface area contributed by atoms with E-state index in [2.05, 4.69) is 15.4 Å². The second-order valence-corrected chi connectivity index (χ2v) is 5.63. The minimum Gasteiger partial charge on any atom is -0.373 e. The van der Waals surface area contributed by atoms with Gasteiger partial charge in [0.2, 0.25) is 0 Å². The van der Waals surface area contributed by atoms with Crippen molar-refractivity contribution < 1.29 is 5.11 Å². The molecule has 0 saturated carbocycles. The first-order valence-corrected chi connectivity index (χ1v) is 7.11. The Morgan fingerprint density at radius 3 is 2.90 bits per heavy atom. The van der Waals surface area contributed by atoms with E-state index in [0.717, 1.165) is 16.5 Å². The van der Waals surface area contributed by atoms with Gasteiger partial charge in [-0.05, 0) is 31.2 Å². The van der Waals surface area contributed by atoms with Crippen molar-refractivity contribution >= 4 is 22.5 Å². The molecule has 0 aliphatic rings. The van der Waals surface area contributed by atoms with Crippen molar-refractivity contribution in [3.05, 3.63) is 52.9 Å². The summed E-state index contributed by atoms with van der Waals surface area (Å²) in [5.41, 5.74) is 2.68. The van der Waals surface area contributed by atoms with E-state index in [4.69, 9.17) is 11.6 Å². The number of hydrogen-bond acceptors (Lipinski definition) is 3. The molecule has 0 spiro atoms. The number of aliphatic hydroxyl groups is 1. The molecule has 110 valence electrons. The lowest BCUT2D eigenvalue weighted by atomic mass is 10.2. The van der Waals surface area contributed by atoms with Crippen LogP contribution in [0.2, 0.25) is 5.02 Å². The number of aliphatic hydroxyl groups excluding tert-OH is 1. The Hall–Kier alpha value is -1.82. The highest BCUT2D eigenvalue weighted by Gasteiger charge is 2.15. The normalized spacial score (nSPS) is 14.5. The Bertz CT molecular complexity index is 764. The van der Waals surface area contributed by atoms with Gasteiger partial charge >= 0.3 is 0 Å². The minimum atomic E-state index is -0.786. The molecule has 6 heteroatoms. The number of nitrogens with zero attached hydrogens (tertiary/aromatic N) is 2. The number of benzene rings is 1. The van der Waals surface area contributed by atoms with Gasteiger partial charge in [-0.1, -0.05) is 11.6 Å². The summed E-state index contributed by atoms with van der Waals surface area (Å²) in [6, 6.07) is 7.48. The Morgan fingerprint density at radius 1 is 1.38 bits per heavy atom. The molecule has 0 amide bonds. The zero-order valence-electron chi connectivity index (χ0n) is 11.8. The standard InChI is InChI=1S/C15H17ClN4O/c1-9(11-7-17-20(2)8-11)18-15(21)14-6-10-5-12(16)3-4-13(10)19-14/h3-9,15,18-19,21H,1-2H3. The van der Waals surface area contributed by atoms with E-state index >= 15 is 0 Å². The largest absolute Gasteiger partial charge is 0.373 e. The van der Waals surface area contributed by atoms with Crippen LogP contribution in [0, 0.1) is 0 Å². The Morgan fingerprint density at radius 2 is 2.19 bits per heavy atom. The first kappa shape index (κ1) is 14.1. The van der Waals surface area contributed by atoms with Crippen LogP contribution >= 0.6 is 11.6 Å². The lowest BCUT2D eigenvalue weighted by Gasteiger charge is -2.17. The predicted octanol–water partition coefficient (Wildman–Crippen LogP) is 2.90. The number of H-pyrrole nitrogens is 1. The van der Waals surface area contributed by atoms with Gasteiger partial charge in [0.05, 0.1) is 11.9 Å². The third-order valence-corrected chi connectivity index (χ3v) is 3.77. The van der Waals surface area contributed by atoms with Crippen LogP contribution in [0.5, 0.6) is 0 Å². The summed E-state index contributed by atoms with van der Waals surface area (Å²) in [4.78, 5) is 3.19. The third-order valence-electron chi connectivity index (χ3n) is 3.53. The third kappa shape index (κ3) is 2.95. The van der Waals surface area contributed by atoms with Crippen LogP contribution in [0.3, 0.4) is 0 Å². The maximum absolute atomic E-state index is 10.3. The van der Waals surface area contributed by atoms with Gasteiger partial charge in [-0.2, -0.15) is 5.10 Å². The molecule has 0 fully saturated rings. The number of hydrogen-bond donors (Lipinski definition) is 3. The molecule has 2 atom stereocenters. The van der Waals surface area contributed by atoms with Crippen LogP contribution in [0.1, 0.15) is 30.5 Å². The number of aryl methyl sites for hydroxylation is 1. The van der Waals surface area contributed by atoms with Gasteiger partial charge in [-0.15, -0.1) is 0 Å². The number of halogens is 1. The monoisotopic (exact) mass is 304 g/mol. The summed E-state index contributed by atoms with van der Waals surface area (Å²) in [5.74, 6) is 0. The Balaban J connectivity index is 1.78. The van der Waals surface area contributed by atoms with Gasteiger partial charge < -0.3 is 10.1 Å². The number of rotatable bonds is 4. The van der Waals surface area contributed by atoms with E-state index in [1.807, 2.05) is 44.4 Å². The molecule has 0 aliphatic heterocycles. The molecule has 0 saturated heterocycles. The van der Waals surface area contributed by atoms with Gasteiger partial charge in [-0.3, -0.25) is 10.00 Å². The molecule has 21 heavy (non-hydrogen) atoms. The fraction of sp³-hybridized carbons (Fsp3) is 0.267. The zero-order chi connectivity index (χ0) is 15.0. The number of nitrogens with one attached hydrogen (secondary N) is 2. The molecule has 3 N–H and O–H groups in total. The Labute approximate surface area is 127 Å². The van der Waals surface area contributed by atoms with Crippen molar-refractivity contribution in [2.45, 2.75) is 19.2 Å². The minimum absolute atomic E-state index is 0.0105. The summed E-state index contributed by atoms with van der Waals surface area (Å²) in [5, 5.41) is 19.3. The summed E-state index contributed by atoms with van der Waals surface area (Å²) in [6.07, 6.45) is 2.93. The van der Waals surface area contributed by atoms with Crippen LogP contribution in [-0.4, -0.2) is 19.9 Å². The number of aromatic amines is 1. The van der Waals surface area contributed by atoms with Gasteiger partial charge in [0, 0.05) is 40.8 Å². The van der Waals surface area contributed by atoms with Gasteiger partial charge in [-0.25, -0.2) is 0 Å². The van der Waals surface area contributed by atoms with E-state index in [1.54, 1.807) is 10.9 Å². The maximum Gasteiger partial charge on any atom is 0.146 e. The van der Waals surface area contributed by atoms with Crippen LogP contribution in [-0.2, 0) is 7.05 Å². The molecule has 2 aromatic heterocycles. The number of fused-ring (bicyclic) bond motifs is 1. The van der Waals surface area contributed by atoms with E-state index in [9.17, 15) is 5.11 Å². The summed E-state index contributed by atoms with van der Waals surface area (Å²) in [7, 11) is 1.87. The van der Waals surface area contributed by atoms with E-state index in [1.165, 1.54) is 0 Å². The predicted molar refractivity (Wildman–Crippen MR) is 83.0 cm³/mol. The smallest absolute Gasteiger partial charge is 0.146 e. The zero-order valence-corrected chi connectivity index (χ0v) is 12.6. The fourth-order valence-electron chi connectivity index (χ4n) is 2.36. The van der Waals surface area contributed by atoms with Gasteiger partial charge in [0.1, 0.15) is 6.23 Å². The fourth-order valence-corrected chi connectivity index (χ4v) is 2.54.